The first-order chi connectivity index (χ1) is 13.3. The highest BCUT2D eigenvalue weighted by Gasteiger charge is 2.18. The normalized spacial score (nSPS) is 11.9. The first-order valence-electron chi connectivity index (χ1n) is 8.64. The van der Waals surface area contributed by atoms with Gasteiger partial charge < -0.3 is 0 Å². The summed E-state index contributed by atoms with van der Waals surface area (Å²) in [6.45, 7) is 0. The van der Waals surface area contributed by atoms with E-state index in [1.807, 2.05) is 12.1 Å². The van der Waals surface area contributed by atoms with Crippen LogP contribution in [0.5, 0.6) is 0 Å². The molecule has 0 aliphatic heterocycles. The molecular formula is C22H12ClN3S. The number of benzene rings is 3. The molecule has 3 heterocycles. The molecule has 0 bridgehead atoms. The van der Waals surface area contributed by atoms with Crippen molar-refractivity contribution in [2.45, 2.75) is 0 Å². The Balaban J connectivity index is 1.86. The van der Waals surface area contributed by atoms with E-state index in [2.05, 4.69) is 75.2 Å². The SMILES string of the molecule is Clc1nc(-n2c3ccccc3c3ccccc32)c2sc3ccccc3c2n1. The Morgan fingerprint density at radius 3 is 2.00 bits per heavy atom. The highest BCUT2D eigenvalue weighted by Crippen LogP contribution is 2.39. The largest absolute Gasteiger partial charge is 0.292 e. The molecule has 3 aromatic heterocycles. The molecule has 0 aliphatic carbocycles. The Hall–Kier alpha value is -2.95. The number of rotatable bonds is 1. The number of hydrogen-bond acceptors (Lipinski definition) is 3. The fraction of sp³-hybridized carbons (Fsp3) is 0. The van der Waals surface area contributed by atoms with Gasteiger partial charge >= 0.3 is 0 Å². The second kappa shape index (κ2) is 5.52. The van der Waals surface area contributed by atoms with Gasteiger partial charge in [-0.05, 0) is 29.8 Å². The number of para-hydroxylation sites is 2. The molecular weight excluding hydrogens is 374 g/mol. The van der Waals surface area contributed by atoms with Gasteiger partial charge in [0.15, 0.2) is 5.82 Å². The highest BCUT2D eigenvalue weighted by atomic mass is 35.5. The fourth-order valence-corrected chi connectivity index (χ4v) is 5.14. The monoisotopic (exact) mass is 385 g/mol. The van der Waals surface area contributed by atoms with E-state index in [0.717, 1.165) is 32.5 Å². The number of nitrogens with zero attached hydrogens (tertiary/aromatic N) is 3. The van der Waals surface area contributed by atoms with Crippen LogP contribution in [-0.2, 0) is 0 Å². The Bertz CT molecular complexity index is 1440. The van der Waals surface area contributed by atoms with E-state index in [1.165, 1.54) is 15.5 Å². The molecule has 0 saturated heterocycles. The summed E-state index contributed by atoms with van der Waals surface area (Å²) in [6.07, 6.45) is 0. The summed E-state index contributed by atoms with van der Waals surface area (Å²) in [7, 11) is 0. The van der Waals surface area contributed by atoms with Crippen LogP contribution in [0.1, 0.15) is 0 Å². The van der Waals surface area contributed by atoms with E-state index in [4.69, 9.17) is 11.6 Å². The molecule has 0 fully saturated rings. The van der Waals surface area contributed by atoms with E-state index in [0.29, 0.717) is 0 Å². The van der Waals surface area contributed by atoms with E-state index >= 15 is 0 Å². The molecule has 27 heavy (non-hydrogen) atoms. The van der Waals surface area contributed by atoms with Gasteiger partial charge in [0, 0.05) is 20.9 Å². The minimum absolute atomic E-state index is 0.267. The van der Waals surface area contributed by atoms with Gasteiger partial charge in [0.05, 0.1) is 21.3 Å². The Labute approximate surface area is 163 Å². The van der Waals surface area contributed by atoms with Crippen LogP contribution in [-0.4, -0.2) is 14.5 Å². The van der Waals surface area contributed by atoms with Gasteiger partial charge in [-0.15, -0.1) is 11.3 Å². The maximum absolute atomic E-state index is 6.37. The van der Waals surface area contributed by atoms with E-state index in [1.54, 1.807) is 11.3 Å². The Morgan fingerprint density at radius 1 is 0.704 bits per heavy atom. The van der Waals surface area contributed by atoms with Crippen LogP contribution in [0, 0.1) is 0 Å². The molecule has 0 amide bonds. The summed E-state index contributed by atoms with van der Waals surface area (Å²) in [4.78, 5) is 9.21. The third kappa shape index (κ3) is 2.08. The van der Waals surface area contributed by atoms with E-state index in [9.17, 15) is 0 Å². The third-order valence-corrected chi connectivity index (χ3v) is 6.29. The molecule has 3 aromatic carbocycles. The van der Waals surface area contributed by atoms with Crippen molar-refractivity contribution in [3.05, 3.63) is 78.1 Å². The number of thiophene rings is 1. The maximum atomic E-state index is 6.37. The molecule has 0 aliphatic rings. The van der Waals surface area contributed by atoms with Gasteiger partial charge in [0.2, 0.25) is 5.28 Å². The molecule has 6 rings (SSSR count). The van der Waals surface area contributed by atoms with Gasteiger partial charge in [-0.25, -0.2) is 4.98 Å². The number of aromatic nitrogens is 3. The average Bonchev–Trinajstić information content (AvgIpc) is 3.24. The lowest BCUT2D eigenvalue weighted by Crippen LogP contribution is -1.99. The molecule has 128 valence electrons. The zero-order valence-electron chi connectivity index (χ0n) is 14.1. The Kier molecular flexibility index (Phi) is 3.10. The summed E-state index contributed by atoms with van der Waals surface area (Å²) < 4.78 is 4.44. The zero-order valence-corrected chi connectivity index (χ0v) is 15.6. The molecule has 0 spiro atoms. The van der Waals surface area contributed by atoms with Crippen LogP contribution in [0.2, 0.25) is 5.28 Å². The molecule has 6 aromatic rings. The van der Waals surface area contributed by atoms with Gasteiger partial charge in [0.25, 0.3) is 0 Å². The fourth-order valence-electron chi connectivity index (χ4n) is 3.85. The van der Waals surface area contributed by atoms with Crippen LogP contribution < -0.4 is 0 Å². The zero-order chi connectivity index (χ0) is 18.0. The molecule has 5 heteroatoms. The molecule has 0 N–H and O–H groups in total. The van der Waals surface area contributed by atoms with E-state index < -0.39 is 0 Å². The quantitative estimate of drug-likeness (QED) is 0.299. The first-order valence-corrected chi connectivity index (χ1v) is 9.84. The van der Waals surface area contributed by atoms with Crippen LogP contribution >= 0.6 is 22.9 Å². The van der Waals surface area contributed by atoms with Gasteiger partial charge in [0.1, 0.15) is 0 Å². The Morgan fingerprint density at radius 2 is 1.30 bits per heavy atom. The van der Waals surface area contributed by atoms with Gasteiger partial charge in [-0.2, -0.15) is 4.98 Å². The standard InChI is InChI=1S/C22H12ClN3S/c23-22-24-19-15-9-3-6-12-18(15)27-20(19)21(25-22)26-16-10-4-1-7-13(16)14-8-2-5-11-17(14)26/h1-12H. The summed E-state index contributed by atoms with van der Waals surface area (Å²) in [5, 5.41) is 3.79. The summed E-state index contributed by atoms with van der Waals surface area (Å²) in [5.74, 6) is 0.837. The summed E-state index contributed by atoms with van der Waals surface area (Å²) in [6, 6.07) is 25.1. The van der Waals surface area contributed by atoms with Crippen molar-refractivity contribution in [1.29, 1.82) is 0 Å². The molecule has 0 radical (unpaired) electrons. The summed E-state index contributed by atoms with van der Waals surface area (Å²) >= 11 is 8.08. The van der Waals surface area contributed by atoms with Crippen molar-refractivity contribution >= 4 is 65.0 Å². The van der Waals surface area contributed by atoms with Crippen molar-refractivity contribution in [3.63, 3.8) is 0 Å². The number of halogens is 1. The van der Waals surface area contributed by atoms with Crippen LogP contribution in [0.3, 0.4) is 0 Å². The topological polar surface area (TPSA) is 30.7 Å². The van der Waals surface area contributed by atoms with Crippen molar-refractivity contribution < 1.29 is 0 Å². The predicted octanol–water partition coefficient (Wildman–Crippen LogP) is 6.60. The second-order valence-corrected chi connectivity index (χ2v) is 7.85. The maximum Gasteiger partial charge on any atom is 0.225 e. The van der Waals surface area contributed by atoms with Crippen LogP contribution in [0.25, 0.3) is 47.9 Å². The van der Waals surface area contributed by atoms with Crippen molar-refractivity contribution in [1.82, 2.24) is 14.5 Å². The number of hydrogen-bond donors (Lipinski definition) is 0. The lowest BCUT2D eigenvalue weighted by Gasteiger charge is -2.08. The van der Waals surface area contributed by atoms with Crippen LogP contribution in [0.15, 0.2) is 72.8 Å². The van der Waals surface area contributed by atoms with E-state index in [-0.39, 0.29) is 5.28 Å². The van der Waals surface area contributed by atoms with Crippen molar-refractivity contribution in [2.24, 2.45) is 0 Å². The molecule has 0 unspecified atom stereocenters. The first kappa shape index (κ1) is 15.1. The smallest absolute Gasteiger partial charge is 0.225 e. The van der Waals surface area contributed by atoms with Gasteiger partial charge in [-0.1, -0.05) is 54.6 Å². The van der Waals surface area contributed by atoms with Crippen LogP contribution in [0.4, 0.5) is 0 Å². The van der Waals surface area contributed by atoms with Crippen molar-refractivity contribution in [2.75, 3.05) is 0 Å². The molecule has 0 atom stereocenters. The number of fused-ring (bicyclic) bond motifs is 6. The summed E-state index contributed by atoms with van der Waals surface area (Å²) in [5.41, 5.74) is 3.15. The minimum atomic E-state index is 0.267. The van der Waals surface area contributed by atoms with Gasteiger partial charge in [-0.3, -0.25) is 4.57 Å². The highest BCUT2D eigenvalue weighted by molar-refractivity contribution is 7.26. The van der Waals surface area contributed by atoms with Crippen molar-refractivity contribution in [3.8, 4) is 5.82 Å². The molecule has 3 nitrogen and oxygen atoms in total. The second-order valence-electron chi connectivity index (χ2n) is 6.46. The minimum Gasteiger partial charge on any atom is -0.292 e. The molecule has 0 saturated carbocycles. The lowest BCUT2D eigenvalue weighted by atomic mass is 10.2. The third-order valence-electron chi connectivity index (χ3n) is 4.97. The average molecular weight is 386 g/mol. The lowest BCUT2D eigenvalue weighted by molar-refractivity contribution is 1.08. The predicted molar refractivity (Wildman–Crippen MR) is 114 cm³/mol.